The maximum atomic E-state index is 5.23. The van der Waals surface area contributed by atoms with Crippen LogP contribution >= 0.6 is 0 Å². The zero-order chi connectivity index (χ0) is 64.5. The predicted molar refractivity (Wildman–Crippen MR) is 403 cm³/mol. The molecule has 0 atom stereocenters. The number of nitrogens with zero attached hydrogens (tertiary/aromatic N) is 8. The van der Waals surface area contributed by atoms with E-state index in [0.29, 0.717) is 34.4 Å². The minimum absolute atomic E-state index is 0.382. The second-order valence-corrected chi connectivity index (χ2v) is 22.8. The molecule has 0 amide bonds. The number of hydrogen-bond donors (Lipinski definition) is 0. The third kappa shape index (κ3) is 14.8. The molecule has 0 aliphatic heterocycles. The van der Waals surface area contributed by atoms with Crippen LogP contribution in [0.5, 0.6) is 0 Å². The largest absolute Gasteiger partial charge is 0.311 e. The van der Waals surface area contributed by atoms with Gasteiger partial charge in [0.2, 0.25) is 0 Å². The van der Waals surface area contributed by atoms with Gasteiger partial charge in [-0.3, -0.25) is 0 Å². The lowest BCUT2D eigenvalue weighted by molar-refractivity contribution is 1.05. The molecule has 0 spiro atoms. The number of benzene rings is 12. The Balaban J connectivity index is 0.828. The normalized spacial score (nSPS) is 11.4. The minimum atomic E-state index is 0.382. The van der Waals surface area contributed by atoms with Gasteiger partial charge in [0.05, 0.1) is 22.8 Å². The summed E-state index contributed by atoms with van der Waals surface area (Å²) in [7, 11) is 0. The van der Waals surface area contributed by atoms with Crippen molar-refractivity contribution >= 4 is 117 Å². The van der Waals surface area contributed by atoms with Crippen LogP contribution in [0.1, 0.15) is 45.0 Å². The lowest BCUT2D eigenvalue weighted by Gasteiger charge is -2.25. The predicted octanol–water partition coefficient (Wildman–Crippen LogP) is 23.5. The third-order valence-electron chi connectivity index (χ3n) is 16.2. The van der Waals surface area contributed by atoms with Crippen LogP contribution in [0, 0.1) is 0 Å². The first-order valence-corrected chi connectivity index (χ1v) is 32.1. The van der Waals surface area contributed by atoms with E-state index in [2.05, 4.69) is 335 Å². The van der Waals surface area contributed by atoms with Crippen molar-refractivity contribution in [2.75, 3.05) is 19.6 Å². The van der Waals surface area contributed by atoms with Crippen LogP contribution in [0.25, 0.3) is 60.3 Å². The molecular formula is C88H66N8. The second-order valence-electron chi connectivity index (χ2n) is 22.8. The quantitative estimate of drug-likeness (QED) is 0.0705. The number of aromatic nitrogens is 4. The molecule has 2 aromatic heterocycles. The van der Waals surface area contributed by atoms with E-state index >= 15 is 0 Å². The highest BCUT2D eigenvalue weighted by atomic mass is 15.2. The lowest BCUT2D eigenvalue weighted by atomic mass is 10.1. The van der Waals surface area contributed by atoms with E-state index in [9.17, 15) is 0 Å². The van der Waals surface area contributed by atoms with E-state index in [4.69, 9.17) is 19.9 Å². The molecule has 2 heterocycles. The smallest absolute Gasteiger partial charge is 0.198 e. The van der Waals surface area contributed by atoms with Crippen LogP contribution in [-0.4, -0.2) is 19.9 Å². The molecule has 14 rings (SSSR count). The van der Waals surface area contributed by atoms with Crippen LogP contribution in [0.2, 0.25) is 0 Å². The summed E-state index contributed by atoms with van der Waals surface area (Å²) in [4.78, 5) is 30.0. The van der Waals surface area contributed by atoms with Crippen molar-refractivity contribution in [2.24, 2.45) is 0 Å². The number of anilines is 12. The van der Waals surface area contributed by atoms with Gasteiger partial charge in [-0.15, -0.1) is 0 Å². The molecule has 0 fully saturated rings. The highest BCUT2D eigenvalue weighted by Crippen LogP contribution is 2.39. The second kappa shape index (κ2) is 29.5. The monoisotopic (exact) mass is 1230 g/mol. The molecule has 458 valence electrons. The molecule has 8 heteroatoms. The van der Waals surface area contributed by atoms with E-state index in [-0.39, 0.29) is 0 Å². The Morgan fingerprint density at radius 3 is 0.458 bits per heavy atom. The maximum Gasteiger partial charge on any atom is 0.198 e. The van der Waals surface area contributed by atoms with Gasteiger partial charge in [0, 0.05) is 68.2 Å². The fourth-order valence-electron chi connectivity index (χ4n) is 11.6. The molecule has 0 unspecified atom stereocenters. The highest BCUT2D eigenvalue weighted by molar-refractivity contribution is 5.84. The highest BCUT2D eigenvalue weighted by Gasteiger charge is 2.17. The average molecular weight is 1240 g/mol. The summed E-state index contributed by atoms with van der Waals surface area (Å²) >= 11 is 0. The van der Waals surface area contributed by atoms with Crippen LogP contribution in [0.15, 0.2) is 352 Å². The zero-order valence-electron chi connectivity index (χ0n) is 52.7. The summed E-state index contributed by atoms with van der Waals surface area (Å²) in [5.41, 5.74) is 19.6. The topological polar surface area (TPSA) is 64.5 Å². The Labute approximate surface area is 561 Å². The Bertz CT molecular complexity index is 4140. The minimum Gasteiger partial charge on any atom is -0.311 e. The molecule has 14 aromatic rings. The zero-order valence-corrected chi connectivity index (χ0v) is 52.7. The third-order valence-corrected chi connectivity index (χ3v) is 16.2. The Morgan fingerprint density at radius 1 is 0.156 bits per heavy atom. The molecule has 12 aromatic carbocycles. The van der Waals surface area contributed by atoms with E-state index in [1.165, 1.54) is 0 Å². The van der Waals surface area contributed by atoms with Crippen molar-refractivity contribution in [3.63, 3.8) is 0 Å². The molecular weight excluding hydrogens is 1170 g/mol. The van der Waals surface area contributed by atoms with Gasteiger partial charge < -0.3 is 19.6 Å². The van der Waals surface area contributed by atoms with E-state index in [0.717, 1.165) is 90.5 Å². The summed E-state index contributed by atoms with van der Waals surface area (Å²) in [6, 6.07) is 122. The molecule has 0 radical (unpaired) electrons. The van der Waals surface area contributed by atoms with Gasteiger partial charge in [0.25, 0.3) is 0 Å². The number of rotatable bonds is 21. The summed E-state index contributed by atoms with van der Waals surface area (Å²) in [6.07, 6.45) is 16.5. The average Bonchev–Trinajstić information content (AvgIpc) is 1.12. The van der Waals surface area contributed by atoms with Gasteiger partial charge in [-0.1, -0.05) is 218 Å². The van der Waals surface area contributed by atoms with Gasteiger partial charge in [-0.2, -0.15) is 0 Å². The molecule has 8 nitrogen and oxygen atoms in total. The SMILES string of the molecule is C(=C\c1cc(/C=C/c2ccc(N(c3ccccc3)c3ccccc3)cc2)nc(-c2nc(/C=C/c3ccc(N(c4ccccc4)c4ccccc4)cc3)cc(/C=C/c3ccc(N(c4ccccc4)c4ccccc4)cc3)n2)n1)/c1ccc(N(c2ccccc2)c2ccccc2)cc1. The Kier molecular flexibility index (Phi) is 18.6. The Hall–Kier alpha value is -13.0. The Morgan fingerprint density at radius 2 is 0.302 bits per heavy atom. The van der Waals surface area contributed by atoms with Crippen molar-refractivity contribution in [3.05, 3.63) is 397 Å². The van der Waals surface area contributed by atoms with Gasteiger partial charge in [-0.05, 0) is 204 Å². The first-order chi connectivity index (χ1) is 47.6. The van der Waals surface area contributed by atoms with Crippen LogP contribution in [0.4, 0.5) is 68.2 Å². The number of hydrogen-bond acceptors (Lipinski definition) is 8. The standard InChI is InChI=1S/C88H66N8/c1-9-25-75(26-10-1)93(76-27-11-2-12-28-76)83-57-45-67(46-58-83)41-53-71-65-72(54-42-68-47-59-84(60-48-68)94(77-29-13-3-14-30-77)78-31-15-4-16-32-78)90-87(89-71)88-91-73(55-43-69-49-61-85(62-50-69)95(79-33-17-5-18-34-79)80-35-19-6-20-36-80)66-74(92-88)56-44-70-51-63-86(64-52-70)96(81-37-21-7-22-38-81)82-39-23-8-24-40-82/h1-66H/b53-41+,54-42+,55-43+,56-44+. The number of para-hydroxylation sites is 8. The summed E-state index contributed by atoms with van der Waals surface area (Å²) < 4.78 is 0. The molecule has 0 aliphatic rings. The molecule has 0 aliphatic carbocycles. The molecule has 0 N–H and O–H groups in total. The van der Waals surface area contributed by atoms with E-state index in [1.807, 2.05) is 85.0 Å². The molecule has 96 heavy (non-hydrogen) atoms. The van der Waals surface area contributed by atoms with Gasteiger partial charge in [-0.25, -0.2) is 19.9 Å². The van der Waals surface area contributed by atoms with Crippen molar-refractivity contribution in [1.82, 2.24) is 19.9 Å². The summed E-state index contributed by atoms with van der Waals surface area (Å²) in [5, 5.41) is 0. The molecule has 0 saturated carbocycles. The van der Waals surface area contributed by atoms with E-state index < -0.39 is 0 Å². The lowest BCUT2D eigenvalue weighted by Crippen LogP contribution is -2.09. The summed E-state index contributed by atoms with van der Waals surface area (Å²) in [5.74, 6) is 0.764. The van der Waals surface area contributed by atoms with Gasteiger partial charge in [0.1, 0.15) is 0 Å². The van der Waals surface area contributed by atoms with Crippen LogP contribution in [0.3, 0.4) is 0 Å². The summed E-state index contributed by atoms with van der Waals surface area (Å²) in [6.45, 7) is 0. The fourth-order valence-corrected chi connectivity index (χ4v) is 11.6. The first kappa shape index (κ1) is 60.5. The van der Waals surface area contributed by atoms with Crippen molar-refractivity contribution in [1.29, 1.82) is 0 Å². The van der Waals surface area contributed by atoms with Crippen molar-refractivity contribution < 1.29 is 0 Å². The molecule has 0 bridgehead atoms. The van der Waals surface area contributed by atoms with Gasteiger partial charge in [0.15, 0.2) is 11.6 Å². The van der Waals surface area contributed by atoms with Crippen LogP contribution < -0.4 is 19.6 Å². The van der Waals surface area contributed by atoms with Crippen LogP contribution in [-0.2, 0) is 0 Å². The van der Waals surface area contributed by atoms with Crippen molar-refractivity contribution in [2.45, 2.75) is 0 Å². The molecule has 0 saturated heterocycles. The van der Waals surface area contributed by atoms with Gasteiger partial charge >= 0.3 is 0 Å². The maximum absolute atomic E-state index is 5.23. The fraction of sp³-hybridized carbons (Fsp3) is 0. The van der Waals surface area contributed by atoms with E-state index in [1.54, 1.807) is 0 Å². The first-order valence-electron chi connectivity index (χ1n) is 32.1. The van der Waals surface area contributed by atoms with Crippen molar-refractivity contribution in [3.8, 4) is 11.6 Å².